The van der Waals surface area contributed by atoms with E-state index in [-0.39, 0.29) is 11.1 Å². The second-order valence-corrected chi connectivity index (χ2v) is 2.76. The number of carbonyl (C=O) groups is 3. The summed E-state index contributed by atoms with van der Waals surface area (Å²) < 4.78 is 4.32. The Morgan fingerprint density at radius 2 is 1.75 bits per heavy atom. The number of carboxylic acid groups (broad SMARTS) is 1. The second kappa shape index (κ2) is 4.88. The Hall–Kier alpha value is -2.43. The molecule has 0 heterocycles. The third-order valence-corrected chi connectivity index (χ3v) is 1.74. The van der Waals surface area contributed by atoms with Crippen LogP contribution in [0.2, 0.25) is 0 Å². The summed E-state index contributed by atoms with van der Waals surface area (Å²) in [6, 6.07) is 5.45. The van der Waals surface area contributed by atoms with Gasteiger partial charge in [-0.15, -0.1) is 0 Å². The highest BCUT2D eigenvalue weighted by molar-refractivity contribution is 6.06. The molecule has 1 aromatic carbocycles. The summed E-state index contributed by atoms with van der Waals surface area (Å²) in [4.78, 5) is 32.9. The Balaban J connectivity index is 3.03. The van der Waals surface area contributed by atoms with Crippen LogP contribution in [-0.4, -0.2) is 23.0 Å². The van der Waals surface area contributed by atoms with E-state index in [9.17, 15) is 14.4 Å². The first-order valence-electron chi connectivity index (χ1n) is 4.27. The Labute approximate surface area is 91.0 Å². The standard InChI is InChI=1S/C11H8O5/c1-2-9(12)16-11(15)8-6-4-3-5-7(8)10(13)14/h2-6H,1H2,(H,13,14). The van der Waals surface area contributed by atoms with Gasteiger partial charge in [0.1, 0.15) is 0 Å². The van der Waals surface area contributed by atoms with Crippen molar-refractivity contribution >= 4 is 17.9 Å². The molecule has 5 heteroatoms. The lowest BCUT2D eigenvalue weighted by Crippen LogP contribution is -2.14. The third kappa shape index (κ3) is 2.54. The van der Waals surface area contributed by atoms with Crippen LogP contribution >= 0.6 is 0 Å². The van der Waals surface area contributed by atoms with Crippen molar-refractivity contribution in [2.24, 2.45) is 0 Å². The van der Waals surface area contributed by atoms with Crippen LogP contribution < -0.4 is 0 Å². The third-order valence-electron chi connectivity index (χ3n) is 1.74. The molecule has 0 unspecified atom stereocenters. The summed E-state index contributed by atoms with van der Waals surface area (Å²) in [5, 5.41) is 8.79. The molecule has 82 valence electrons. The number of aromatic carboxylic acids is 1. The van der Waals surface area contributed by atoms with Crippen molar-refractivity contribution in [3.8, 4) is 0 Å². The molecule has 1 aromatic rings. The van der Waals surface area contributed by atoms with Gasteiger partial charge in [-0.1, -0.05) is 18.7 Å². The van der Waals surface area contributed by atoms with Gasteiger partial charge >= 0.3 is 17.9 Å². The van der Waals surface area contributed by atoms with Crippen LogP contribution in [0.3, 0.4) is 0 Å². The van der Waals surface area contributed by atoms with Crippen LogP contribution in [0.25, 0.3) is 0 Å². The zero-order chi connectivity index (χ0) is 12.1. The van der Waals surface area contributed by atoms with Crippen LogP contribution in [0.1, 0.15) is 20.7 Å². The second-order valence-electron chi connectivity index (χ2n) is 2.76. The van der Waals surface area contributed by atoms with Crippen LogP contribution in [-0.2, 0) is 9.53 Å². The average molecular weight is 220 g/mol. The molecule has 0 aliphatic heterocycles. The molecule has 0 aromatic heterocycles. The maximum atomic E-state index is 11.4. The van der Waals surface area contributed by atoms with Crippen molar-refractivity contribution in [3.63, 3.8) is 0 Å². The van der Waals surface area contributed by atoms with Crippen LogP contribution in [0.4, 0.5) is 0 Å². The minimum Gasteiger partial charge on any atom is -0.478 e. The van der Waals surface area contributed by atoms with Crippen LogP contribution in [0, 0.1) is 0 Å². The van der Waals surface area contributed by atoms with E-state index in [4.69, 9.17) is 5.11 Å². The molecule has 0 fully saturated rings. The SMILES string of the molecule is C=CC(=O)OC(=O)c1ccccc1C(=O)O. The monoisotopic (exact) mass is 220 g/mol. The summed E-state index contributed by atoms with van der Waals surface area (Å²) in [5.41, 5.74) is -0.394. The summed E-state index contributed by atoms with van der Waals surface area (Å²) in [5.74, 6) is -3.20. The van der Waals surface area contributed by atoms with Crippen molar-refractivity contribution in [2.75, 3.05) is 0 Å². The first-order valence-corrected chi connectivity index (χ1v) is 4.27. The summed E-state index contributed by atoms with van der Waals surface area (Å²) in [7, 11) is 0. The van der Waals surface area contributed by atoms with E-state index in [1.54, 1.807) is 0 Å². The van der Waals surface area contributed by atoms with Gasteiger partial charge < -0.3 is 9.84 Å². The van der Waals surface area contributed by atoms with Crippen molar-refractivity contribution in [1.29, 1.82) is 0 Å². The lowest BCUT2D eigenvalue weighted by molar-refractivity contribution is -0.132. The number of esters is 2. The molecule has 0 aliphatic carbocycles. The lowest BCUT2D eigenvalue weighted by atomic mass is 10.1. The minimum absolute atomic E-state index is 0.176. The van der Waals surface area contributed by atoms with Gasteiger partial charge in [-0.05, 0) is 12.1 Å². The molecular weight excluding hydrogens is 212 g/mol. The van der Waals surface area contributed by atoms with Crippen molar-refractivity contribution in [2.45, 2.75) is 0 Å². The molecule has 0 radical (unpaired) electrons. The maximum absolute atomic E-state index is 11.4. The molecule has 5 nitrogen and oxygen atoms in total. The summed E-state index contributed by atoms with van der Waals surface area (Å²) >= 11 is 0. The topological polar surface area (TPSA) is 80.7 Å². The number of hydrogen-bond donors (Lipinski definition) is 1. The van der Waals surface area contributed by atoms with E-state index in [0.29, 0.717) is 0 Å². The number of ether oxygens (including phenoxy) is 1. The predicted octanol–water partition coefficient (Wildman–Crippen LogP) is 1.25. The molecule has 0 atom stereocenters. The molecule has 1 rings (SSSR count). The summed E-state index contributed by atoms with van der Waals surface area (Å²) in [6.07, 6.45) is 0.821. The zero-order valence-corrected chi connectivity index (χ0v) is 8.17. The van der Waals surface area contributed by atoms with E-state index < -0.39 is 17.9 Å². The fourth-order valence-electron chi connectivity index (χ4n) is 1.04. The van der Waals surface area contributed by atoms with Crippen molar-refractivity contribution in [3.05, 3.63) is 48.0 Å². The zero-order valence-electron chi connectivity index (χ0n) is 8.17. The van der Waals surface area contributed by atoms with Gasteiger partial charge in [0, 0.05) is 6.08 Å². The van der Waals surface area contributed by atoms with Gasteiger partial charge in [-0.25, -0.2) is 14.4 Å². The largest absolute Gasteiger partial charge is 0.478 e. The first kappa shape index (κ1) is 11.6. The maximum Gasteiger partial charge on any atom is 0.346 e. The molecular formula is C11H8O5. The fraction of sp³-hybridized carbons (Fsp3) is 0. The van der Waals surface area contributed by atoms with Crippen molar-refractivity contribution in [1.82, 2.24) is 0 Å². The Morgan fingerprint density at radius 3 is 2.25 bits per heavy atom. The smallest absolute Gasteiger partial charge is 0.346 e. The number of benzene rings is 1. The predicted molar refractivity (Wildman–Crippen MR) is 54.0 cm³/mol. The van der Waals surface area contributed by atoms with Gasteiger partial charge in [-0.2, -0.15) is 0 Å². The molecule has 0 saturated carbocycles. The van der Waals surface area contributed by atoms with Gasteiger partial charge in [0.05, 0.1) is 11.1 Å². The molecule has 0 saturated heterocycles. The van der Waals surface area contributed by atoms with E-state index in [1.165, 1.54) is 24.3 Å². The van der Waals surface area contributed by atoms with Gasteiger partial charge in [-0.3, -0.25) is 0 Å². The average Bonchev–Trinajstić information content (AvgIpc) is 2.28. The number of carboxylic acids is 1. The molecule has 1 N–H and O–H groups in total. The molecule has 16 heavy (non-hydrogen) atoms. The van der Waals surface area contributed by atoms with Crippen LogP contribution in [0.15, 0.2) is 36.9 Å². The first-order chi connectivity index (χ1) is 7.56. The summed E-state index contributed by atoms with van der Waals surface area (Å²) in [6.45, 7) is 3.12. The van der Waals surface area contributed by atoms with E-state index >= 15 is 0 Å². The number of hydrogen-bond acceptors (Lipinski definition) is 4. The number of rotatable bonds is 3. The highest BCUT2D eigenvalue weighted by Gasteiger charge is 2.18. The molecule has 0 aliphatic rings. The van der Waals surface area contributed by atoms with Gasteiger partial charge in [0.2, 0.25) is 0 Å². The Morgan fingerprint density at radius 1 is 1.19 bits per heavy atom. The highest BCUT2D eigenvalue weighted by Crippen LogP contribution is 2.10. The Kier molecular flexibility index (Phi) is 3.55. The van der Waals surface area contributed by atoms with Gasteiger partial charge in [0.15, 0.2) is 0 Å². The van der Waals surface area contributed by atoms with E-state index in [0.717, 1.165) is 6.08 Å². The van der Waals surface area contributed by atoms with Crippen molar-refractivity contribution < 1.29 is 24.2 Å². The van der Waals surface area contributed by atoms with E-state index in [1.807, 2.05) is 0 Å². The molecule has 0 spiro atoms. The lowest BCUT2D eigenvalue weighted by Gasteiger charge is -2.03. The fourth-order valence-corrected chi connectivity index (χ4v) is 1.04. The van der Waals surface area contributed by atoms with Gasteiger partial charge in [0.25, 0.3) is 0 Å². The molecule has 0 bridgehead atoms. The number of carbonyl (C=O) groups excluding carboxylic acids is 2. The highest BCUT2D eigenvalue weighted by atomic mass is 16.6. The normalized spacial score (nSPS) is 9.25. The quantitative estimate of drug-likeness (QED) is 0.471. The minimum atomic E-state index is -1.27. The Bertz CT molecular complexity index is 461. The van der Waals surface area contributed by atoms with E-state index in [2.05, 4.69) is 11.3 Å². The molecule has 0 amide bonds. The van der Waals surface area contributed by atoms with Crippen LogP contribution in [0.5, 0.6) is 0 Å².